The molecule has 0 spiro atoms. The lowest BCUT2D eigenvalue weighted by molar-refractivity contribution is 0.185. The molecule has 1 aliphatic heterocycles. The van der Waals surface area contributed by atoms with Crippen LogP contribution in [0.3, 0.4) is 0 Å². The first kappa shape index (κ1) is 10.1. The predicted molar refractivity (Wildman–Crippen MR) is 40.3 cm³/mol. The molecule has 0 saturated carbocycles. The van der Waals surface area contributed by atoms with Gasteiger partial charge in [0.2, 0.25) is 0 Å². The zero-order chi connectivity index (χ0) is 6.91. The molecule has 1 heterocycles. The standard InChI is InChI=1S/C6H12FNO.ClH/c1-6(4-9)2-5(7)3-8-6;/h5,8-9H,2-4H2,1H3;1H/t5-,6?;/m1./s1. The lowest BCUT2D eigenvalue weighted by Crippen LogP contribution is -2.39. The van der Waals surface area contributed by atoms with E-state index in [9.17, 15) is 4.39 Å². The summed E-state index contributed by atoms with van der Waals surface area (Å²) >= 11 is 0. The number of hydrogen-bond donors (Lipinski definition) is 2. The average molecular weight is 170 g/mol. The molecule has 1 unspecified atom stereocenters. The highest BCUT2D eigenvalue weighted by Crippen LogP contribution is 2.19. The van der Waals surface area contributed by atoms with E-state index in [1.54, 1.807) is 0 Å². The van der Waals surface area contributed by atoms with Gasteiger partial charge in [0.25, 0.3) is 0 Å². The van der Waals surface area contributed by atoms with Gasteiger partial charge in [-0.2, -0.15) is 0 Å². The van der Waals surface area contributed by atoms with Gasteiger partial charge in [0.05, 0.1) is 6.61 Å². The van der Waals surface area contributed by atoms with Crippen molar-refractivity contribution in [3.8, 4) is 0 Å². The number of rotatable bonds is 1. The molecule has 62 valence electrons. The van der Waals surface area contributed by atoms with E-state index < -0.39 is 6.17 Å². The summed E-state index contributed by atoms with van der Waals surface area (Å²) in [7, 11) is 0. The minimum atomic E-state index is -0.776. The molecule has 0 aromatic heterocycles. The van der Waals surface area contributed by atoms with Crippen molar-refractivity contribution in [2.45, 2.75) is 25.1 Å². The summed E-state index contributed by atoms with van der Waals surface area (Å²) < 4.78 is 12.4. The fourth-order valence-electron chi connectivity index (χ4n) is 1.11. The second kappa shape index (κ2) is 3.51. The van der Waals surface area contributed by atoms with Crippen LogP contribution in [0.1, 0.15) is 13.3 Å². The van der Waals surface area contributed by atoms with E-state index in [0.717, 1.165) is 0 Å². The third-order valence-corrected chi connectivity index (χ3v) is 1.77. The second-order valence-electron chi connectivity index (χ2n) is 2.90. The quantitative estimate of drug-likeness (QED) is 0.599. The Morgan fingerprint density at radius 2 is 2.40 bits per heavy atom. The molecule has 4 heteroatoms. The van der Waals surface area contributed by atoms with E-state index in [0.29, 0.717) is 13.0 Å². The molecule has 0 aromatic rings. The monoisotopic (exact) mass is 169 g/mol. The fraction of sp³-hybridized carbons (Fsp3) is 1.00. The molecule has 1 fully saturated rings. The van der Waals surface area contributed by atoms with E-state index in [4.69, 9.17) is 5.11 Å². The van der Waals surface area contributed by atoms with Gasteiger partial charge in [0, 0.05) is 12.1 Å². The van der Waals surface area contributed by atoms with Crippen LogP contribution in [0.4, 0.5) is 4.39 Å². The molecule has 1 rings (SSSR count). The SMILES string of the molecule is CC1(CO)C[C@@H](F)CN1.Cl. The Balaban J connectivity index is 0.000000810. The maximum absolute atomic E-state index is 12.4. The minimum absolute atomic E-state index is 0. The highest BCUT2D eigenvalue weighted by atomic mass is 35.5. The normalized spacial score (nSPS) is 39.3. The number of alkyl halides is 1. The zero-order valence-electron chi connectivity index (χ0n) is 5.93. The molecule has 0 bridgehead atoms. The van der Waals surface area contributed by atoms with Gasteiger partial charge in [-0.15, -0.1) is 12.4 Å². The van der Waals surface area contributed by atoms with Crippen LogP contribution in [0.5, 0.6) is 0 Å². The van der Waals surface area contributed by atoms with Gasteiger partial charge in [-0.25, -0.2) is 4.39 Å². The molecular weight excluding hydrogens is 157 g/mol. The molecule has 1 aliphatic rings. The molecule has 10 heavy (non-hydrogen) atoms. The first-order chi connectivity index (χ1) is 4.16. The van der Waals surface area contributed by atoms with Gasteiger partial charge >= 0.3 is 0 Å². The van der Waals surface area contributed by atoms with Crippen molar-refractivity contribution in [1.29, 1.82) is 0 Å². The Morgan fingerprint density at radius 1 is 1.80 bits per heavy atom. The summed E-state index contributed by atoms with van der Waals surface area (Å²) in [4.78, 5) is 0. The predicted octanol–water partition coefficient (Wildman–Crippen LogP) is 0.491. The average Bonchev–Trinajstić information content (AvgIpc) is 2.13. The fourth-order valence-corrected chi connectivity index (χ4v) is 1.11. The Bertz CT molecular complexity index is 114. The van der Waals surface area contributed by atoms with Crippen LogP contribution in [-0.2, 0) is 0 Å². The van der Waals surface area contributed by atoms with Gasteiger partial charge in [-0.05, 0) is 13.3 Å². The topological polar surface area (TPSA) is 32.3 Å². The van der Waals surface area contributed by atoms with Gasteiger partial charge in [0.15, 0.2) is 0 Å². The van der Waals surface area contributed by atoms with Crippen LogP contribution < -0.4 is 5.32 Å². The van der Waals surface area contributed by atoms with Crippen molar-refractivity contribution in [3.05, 3.63) is 0 Å². The summed E-state index contributed by atoms with van der Waals surface area (Å²) in [6.45, 7) is 2.23. The summed E-state index contributed by atoms with van der Waals surface area (Å²) in [5.74, 6) is 0. The van der Waals surface area contributed by atoms with E-state index in [1.165, 1.54) is 0 Å². The zero-order valence-corrected chi connectivity index (χ0v) is 6.75. The summed E-state index contributed by atoms with van der Waals surface area (Å²) in [6.07, 6.45) is -0.342. The third kappa shape index (κ3) is 2.08. The number of aliphatic hydroxyl groups is 1. The van der Waals surface area contributed by atoms with Gasteiger partial charge < -0.3 is 10.4 Å². The number of hydrogen-bond acceptors (Lipinski definition) is 2. The van der Waals surface area contributed by atoms with E-state index in [-0.39, 0.29) is 24.6 Å². The molecule has 0 aliphatic carbocycles. The summed E-state index contributed by atoms with van der Waals surface area (Å²) in [5.41, 5.74) is -0.362. The molecule has 0 radical (unpaired) electrons. The van der Waals surface area contributed by atoms with Crippen molar-refractivity contribution in [3.63, 3.8) is 0 Å². The van der Waals surface area contributed by atoms with E-state index >= 15 is 0 Å². The van der Waals surface area contributed by atoms with Crippen molar-refractivity contribution in [2.75, 3.05) is 13.2 Å². The van der Waals surface area contributed by atoms with Crippen molar-refractivity contribution in [1.82, 2.24) is 5.32 Å². The molecule has 1 saturated heterocycles. The molecule has 2 atom stereocenters. The molecule has 2 N–H and O–H groups in total. The summed E-state index contributed by atoms with van der Waals surface area (Å²) in [6, 6.07) is 0. The molecule has 2 nitrogen and oxygen atoms in total. The Labute approximate surface area is 66.2 Å². The highest BCUT2D eigenvalue weighted by Gasteiger charge is 2.33. The van der Waals surface area contributed by atoms with Crippen molar-refractivity contribution >= 4 is 12.4 Å². The van der Waals surface area contributed by atoms with Crippen LogP contribution in [0.2, 0.25) is 0 Å². The van der Waals surface area contributed by atoms with Gasteiger partial charge in [0.1, 0.15) is 6.17 Å². The molecular formula is C6H13ClFNO. The van der Waals surface area contributed by atoms with E-state index in [2.05, 4.69) is 5.32 Å². The largest absolute Gasteiger partial charge is 0.394 e. The number of halogens is 2. The van der Waals surface area contributed by atoms with Crippen LogP contribution >= 0.6 is 12.4 Å². The maximum Gasteiger partial charge on any atom is 0.114 e. The lowest BCUT2D eigenvalue weighted by Gasteiger charge is -2.19. The van der Waals surface area contributed by atoms with Gasteiger partial charge in [-0.1, -0.05) is 0 Å². The highest BCUT2D eigenvalue weighted by molar-refractivity contribution is 5.85. The Kier molecular flexibility index (Phi) is 3.56. The summed E-state index contributed by atoms with van der Waals surface area (Å²) in [5, 5.41) is 11.6. The molecule has 0 aromatic carbocycles. The van der Waals surface area contributed by atoms with Crippen LogP contribution in [0.25, 0.3) is 0 Å². The van der Waals surface area contributed by atoms with Gasteiger partial charge in [-0.3, -0.25) is 0 Å². The van der Waals surface area contributed by atoms with Crippen LogP contribution in [0, 0.1) is 0 Å². The van der Waals surface area contributed by atoms with Crippen molar-refractivity contribution in [2.24, 2.45) is 0 Å². The van der Waals surface area contributed by atoms with Crippen LogP contribution in [-0.4, -0.2) is 30.0 Å². The number of aliphatic hydroxyl groups excluding tert-OH is 1. The van der Waals surface area contributed by atoms with Crippen molar-refractivity contribution < 1.29 is 9.50 Å². The van der Waals surface area contributed by atoms with E-state index in [1.807, 2.05) is 6.92 Å². The van der Waals surface area contributed by atoms with Crippen LogP contribution in [0.15, 0.2) is 0 Å². The number of nitrogens with one attached hydrogen (secondary N) is 1. The smallest absolute Gasteiger partial charge is 0.114 e. The maximum atomic E-state index is 12.4. The lowest BCUT2D eigenvalue weighted by atomic mass is 10.0. The minimum Gasteiger partial charge on any atom is -0.394 e. The Morgan fingerprint density at radius 3 is 2.60 bits per heavy atom. The second-order valence-corrected chi connectivity index (χ2v) is 2.90. The molecule has 0 amide bonds. The first-order valence-corrected chi connectivity index (χ1v) is 3.16. The third-order valence-electron chi connectivity index (χ3n) is 1.77. The Hall–Kier alpha value is 0.140. The first-order valence-electron chi connectivity index (χ1n) is 3.16.